The van der Waals surface area contributed by atoms with Crippen LogP contribution in [0.25, 0.3) is 0 Å². The van der Waals surface area contributed by atoms with Gasteiger partial charge >= 0.3 is 5.69 Å². The van der Waals surface area contributed by atoms with E-state index in [4.69, 9.17) is 14.6 Å². The van der Waals surface area contributed by atoms with E-state index in [2.05, 4.69) is 4.98 Å². The minimum atomic E-state index is -2.56. The number of hydrogen-bond donors (Lipinski definition) is 2. The molecule has 0 aromatic carbocycles. The number of aliphatic hydroxyl groups excluding tert-OH is 2. The topological polar surface area (TPSA) is 93.8 Å². The van der Waals surface area contributed by atoms with Crippen LogP contribution in [0.3, 0.4) is 0 Å². The molecule has 7 nitrogen and oxygen atoms in total. The molecule has 1 aromatic heterocycles. The minimum absolute atomic E-state index is 0.148. The van der Waals surface area contributed by atoms with Crippen LogP contribution in [0.5, 0.6) is 5.88 Å². The van der Waals surface area contributed by atoms with Gasteiger partial charge in [0.25, 0.3) is 5.85 Å². The molecule has 1 aliphatic heterocycles. The van der Waals surface area contributed by atoms with Gasteiger partial charge in [-0.2, -0.15) is 4.98 Å². The first-order chi connectivity index (χ1) is 12.0. The first-order valence-electron chi connectivity index (χ1n) is 8.57. The Bertz CT molecular complexity index is 684. The number of halogens is 1. The summed E-state index contributed by atoms with van der Waals surface area (Å²) in [5.74, 6) is -2.38. The predicted molar refractivity (Wildman–Crippen MR) is 86.8 cm³/mol. The van der Waals surface area contributed by atoms with Crippen molar-refractivity contribution in [1.82, 2.24) is 9.55 Å². The van der Waals surface area contributed by atoms with Crippen LogP contribution in [0.2, 0.25) is 0 Å². The lowest BCUT2D eigenvalue weighted by Crippen LogP contribution is -2.38. The summed E-state index contributed by atoms with van der Waals surface area (Å²) in [4.78, 5) is 15.9. The predicted octanol–water partition coefficient (Wildman–Crippen LogP) is 1.45. The third-order valence-corrected chi connectivity index (χ3v) is 4.68. The van der Waals surface area contributed by atoms with Gasteiger partial charge in [-0.05, 0) is 31.8 Å². The Balaban J connectivity index is 1.62. The largest absolute Gasteiger partial charge is 0.473 e. The van der Waals surface area contributed by atoms with Crippen LogP contribution < -0.4 is 10.4 Å². The van der Waals surface area contributed by atoms with E-state index in [1.807, 2.05) is 6.08 Å². The van der Waals surface area contributed by atoms with E-state index in [1.54, 1.807) is 0 Å². The van der Waals surface area contributed by atoms with Crippen LogP contribution >= 0.6 is 0 Å². The highest BCUT2D eigenvalue weighted by molar-refractivity contribution is 5.09. The smallest absolute Gasteiger partial charge is 0.352 e. The van der Waals surface area contributed by atoms with Gasteiger partial charge in [0.2, 0.25) is 5.88 Å². The number of aromatic nitrogens is 2. The number of nitrogens with zero attached hydrogens (tertiary/aromatic N) is 2. The fraction of sp³-hybridized carbons (Fsp3) is 0.647. The van der Waals surface area contributed by atoms with Crippen LogP contribution in [0.4, 0.5) is 4.39 Å². The van der Waals surface area contributed by atoms with Crippen molar-refractivity contribution < 1.29 is 24.1 Å². The fourth-order valence-corrected chi connectivity index (χ4v) is 3.18. The number of allylic oxidation sites excluding steroid dienone is 1. The molecule has 138 valence electrons. The van der Waals surface area contributed by atoms with Crippen LogP contribution in [0, 0.1) is 0 Å². The SMILES string of the molecule is O=c1nc(OCC=C2CCCCC2)ccn1[C@H]1C[C@H](O)[C@@](F)(CO)O1. The second kappa shape index (κ2) is 7.63. The van der Waals surface area contributed by atoms with Gasteiger partial charge in [0, 0.05) is 18.7 Å². The highest BCUT2D eigenvalue weighted by Crippen LogP contribution is 2.36. The van der Waals surface area contributed by atoms with Crippen LogP contribution in [0.15, 0.2) is 28.7 Å². The zero-order valence-electron chi connectivity index (χ0n) is 13.9. The third-order valence-electron chi connectivity index (χ3n) is 4.68. The Kier molecular flexibility index (Phi) is 5.51. The van der Waals surface area contributed by atoms with Gasteiger partial charge in [0.1, 0.15) is 25.5 Å². The lowest BCUT2D eigenvalue weighted by Gasteiger charge is -2.20. The highest BCUT2D eigenvalue weighted by Gasteiger charge is 2.49. The summed E-state index contributed by atoms with van der Waals surface area (Å²) in [6, 6.07) is 1.49. The molecule has 1 saturated carbocycles. The molecule has 0 bridgehead atoms. The van der Waals surface area contributed by atoms with Crippen molar-refractivity contribution in [3.63, 3.8) is 0 Å². The Morgan fingerprint density at radius 2 is 2.20 bits per heavy atom. The molecule has 0 unspecified atom stereocenters. The summed E-state index contributed by atoms with van der Waals surface area (Å²) < 4.78 is 25.6. The highest BCUT2D eigenvalue weighted by atomic mass is 19.2. The molecule has 25 heavy (non-hydrogen) atoms. The third kappa shape index (κ3) is 4.08. The maximum absolute atomic E-state index is 14.0. The first kappa shape index (κ1) is 18.0. The van der Waals surface area contributed by atoms with E-state index >= 15 is 0 Å². The van der Waals surface area contributed by atoms with Crippen molar-refractivity contribution in [3.8, 4) is 5.88 Å². The Hall–Kier alpha value is -1.77. The average Bonchev–Trinajstić information content (AvgIpc) is 2.91. The molecule has 0 amide bonds. The Morgan fingerprint density at radius 3 is 2.84 bits per heavy atom. The van der Waals surface area contributed by atoms with E-state index in [9.17, 15) is 14.3 Å². The Labute approximate surface area is 144 Å². The van der Waals surface area contributed by atoms with Crippen molar-refractivity contribution >= 4 is 0 Å². The van der Waals surface area contributed by atoms with Crippen molar-refractivity contribution in [3.05, 3.63) is 34.4 Å². The summed E-state index contributed by atoms with van der Waals surface area (Å²) in [6.07, 6.45) is 6.61. The molecule has 3 rings (SSSR count). The number of aliphatic hydroxyl groups is 2. The van der Waals surface area contributed by atoms with Crippen molar-refractivity contribution in [2.75, 3.05) is 13.2 Å². The molecular formula is C17H23FN2O5. The van der Waals surface area contributed by atoms with E-state index < -0.39 is 30.5 Å². The molecule has 0 spiro atoms. The van der Waals surface area contributed by atoms with Crippen molar-refractivity contribution in [2.24, 2.45) is 0 Å². The summed E-state index contributed by atoms with van der Waals surface area (Å²) in [6.45, 7) is -0.634. The van der Waals surface area contributed by atoms with Gasteiger partial charge in [-0.1, -0.05) is 12.0 Å². The summed E-state index contributed by atoms with van der Waals surface area (Å²) in [7, 11) is 0. The quantitative estimate of drug-likeness (QED) is 0.778. The second-order valence-electron chi connectivity index (χ2n) is 6.46. The monoisotopic (exact) mass is 354 g/mol. The number of alkyl halides is 1. The molecule has 3 atom stereocenters. The molecule has 1 aromatic rings. The van der Waals surface area contributed by atoms with Gasteiger partial charge in [-0.3, -0.25) is 4.57 Å². The maximum atomic E-state index is 14.0. The Morgan fingerprint density at radius 1 is 1.44 bits per heavy atom. The van der Waals surface area contributed by atoms with Gasteiger partial charge in [0.15, 0.2) is 0 Å². The summed E-state index contributed by atoms with van der Waals surface area (Å²) >= 11 is 0. The van der Waals surface area contributed by atoms with Crippen molar-refractivity contribution in [2.45, 2.75) is 56.7 Å². The number of ether oxygens (including phenoxy) is 2. The number of hydrogen-bond acceptors (Lipinski definition) is 6. The van der Waals surface area contributed by atoms with Crippen molar-refractivity contribution in [1.29, 1.82) is 0 Å². The second-order valence-corrected chi connectivity index (χ2v) is 6.46. The molecule has 0 radical (unpaired) electrons. The van der Waals surface area contributed by atoms with Crippen LogP contribution in [-0.2, 0) is 4.74 Å². The number of rotatable bonds is 5. The summed E-state index contributed by atoms with van der Waals surface area (Å²) in [5.41, 5.74) is 0.707. The van der Waals surface area contributed by atoms with Gasteiger partial charge in [0.05, 0.1) is 0 Å². The normalized spacial score (nSPS) is 29.6. The average molecular weight is 354 g/mol. The minimum Gasteiger partial charge on any atom is -0.473 e. The molecule has 2 N–H and O–H groups in total. The van der Waals surface area contributed by atoms with E-state index in [0.29, 0.717) is 6.61 Å². The standard InChI is InChI=1S/C17H23FN2O5/c18-17(11-21)13(22)10-15(25-17)20-8-6-14(19-16(20)23)24-9-7-12-4-2-1-3-5-12/h6-8,13,15,21-22H,1-5,9-11H2/t13-,15+,17+/m0/s1. The van der Waals surface area contributed by atoms with Gasteiger partial charge in [-0.15, -0.1) is 0 Å². The van der Waals surface area contributed by atoms with E-state index in [0.717, 1.165) is 17.4 Å². The van der Waals surface area contributed by atoms with Gasteiger partial charge in [-0.25, -0.2) is 9.18 Å². The van der Waals surface area contributed by atoms with Gasteiger partial charge < -0.3 is 19.7 Å². The molecule has 1 aliphatic carbocycles. The lowest BCUT2D eigenvalue weighted by molar-refractivity contribution is -0.207. The van der Waals surface area contributed by atoms with E-state index in [-0.39, 0.29) is 12.3 Å². The maximum Gasteiger partial charge on any atom is 0.352 e. The molecule has 2 fully saturated rings. The zero-order valence-corrected chi connectivity index (χ0v) is 13.9. The zero-order chi connectivity index (χ0) is 17.9. The fourth-order valence-electron chi connectivity index (χ4n) is 3.18. The lowest BCUT2D eigenvalue weighted by atomic mass is 9.95. The first-order valence-corrected chi connectivity index (χ1v) is 8.57. The van der Waals surface area contributed by atoms with Crippen LogP contribution in [-0.4, -0.2) is 44.9 Å². The molecule has 8 heteroatoms. The molecule has 2 heterocycles. The van der Waals surface area contributed by atoms with Crippen LogP contribution in [0.1, 0.15) is 44.8 Å². The van der Waals surface area contributed by atoms with E-state index in [1.165, 1.54) is 37.1 Å². The summed E-state index contributed by atoms with van der Waals surface area (Å²) in [5, 5.41) is 18.6. The molecular weight excluding hydrogens is 331 g/mol. The molecule has 1 saturated heterocycles. The molecule has 2 aliphatic rings.